The van der Waals surface area contributed by atoms with Crippen LogP contribution in [0.4, 0.5) is 4.39 Å². The lowest BCUT2D eigenvalue weighted by Gasteiger charge is -2.24. The molecule has 1 N–H and O–H groups in total. The number of fused-ring (bicyclic) bond motifs is 1. The third-order valence-electron chi connectivity index (χ3n) is 5.86. The van der Waals surface area contributed by atoms with E-state index in [2.05, 4.69) is 0 Å². The van der Waals surface area contributed by atoms with Crippen LogP contribution >= 0.6 is 11.6 Å². The Morgan fingerprint density at radius 3 is 2.50 bits per heavy atom. The second kappa shape index (κ2) is 9.85. The number of rotatable bonds is 8. The van der Waals surface area contributed by atoms with Gasteiger partial charge in [0.15, 0.2) is 0 Å². The van der Waals surface area contributed by atoms with Crippen molar-refractivity contribution in [2.24, 2.45) is 0 Å². The predicted molar refractivity (Wildman–Crippen MR) is 127 cm³/mol. The molecule has 7 heteroatoms. The number of carbonyl (C=O) groups is 2. The summed E-state index contributed by atoms with van der Waals surface area (Å²) in [7, 11) is 0. The molecule has 0 unspecified atom stereocenters. The fourth-order valence-electron chi connectivity index (χ4n) is 4.35. The maximum absolute atomic E-state index is 13.9. The summed E-state index contributed by atoms with van der Waals surface area (Å²) in [5.74, 6) is -1.04. The van der Waals surface area contributed by atoms with Crippen molar-refractivity contribution in [1.29, 1.82) is 0 Å². The normalized spacial score (nSPS) is 16.6. The molecular weight excluding hydrogens is 457 g/mol. The van der Waals surface area contributed by atoms with E-state index in [0.717, 1.165) is 28.0 Å². The van der Waals surface area contributed by atoms with Crippen LogP contribution in [-0.4, -0.2) is 34.0 Å². The Labute approximate surface area is 202 Å². The molecule has 0 aliphatic carbocycles. The minimum absolute atomic E-state index is 0.0862. The van der Waals surface area contributed by atoms with E-state index in [1.54, 1.807) is 12.1 Å². The Kier molecular flexibility index (Phi) is 6.89. The average molecular weight is 482 g/mol. The first-order valence-electron chi connectivity index (χ1n) is 11.0. The molecule has 0 fully saturated rings. The Morgan fingerprint density at radius 1 is 1.06 bits per heavy atom. The minimum Gasteiger partial charge on any atom is -0.487 e. The third-order valence-corrected chi connectivity index (χ3v) is 6.16. The molecule has 5 nitrogen and oxygen atoms in total. The Balaban J connectivity index is 1.45. The first-order valence-corrected chi connectivity index (χ1v) is 11.4. The van der Waals surface area contributed by atoms with Crippen LogP contribution in [0.2, 0.25) is 5.02 Å². The van der Waals surface area contributed by atoms with Gasteiger partial charge in [-0.05, 0) is 47.4 Å². The lowest BCUT2D eigenvalue weighted by Crippen LogP contribution is -2.36. The van der Waals surface area contributed by atoms with E-state index in [0.29, 0.717) is 12.8 Å². The average Bonchev–Trinajstić information content (AvgIpc) is 3.11. The maximum atomic E-state index is 13.9. The first-order chi connectivity index (χ1) is 16.2. The van der Waals surface area contributed by atoms with Crippen LogP contribution < -0.4 is 4.74 Å². The fraction of sp³-hybridized carbons (Fsp3) is 0.259. The molecule has 4 rings (SSSR count). The van der Waals surface area contributed by atoms with Crippen LogP contribution in [0.1, 0.15) is 29.2 Å². The fourth-order valence-corrected chi connectivity index (χ4v) is 4.47. The molecule has 3 aromatic carbocycles. The first kappa shape index (κ1) is 23.8. The van der Waals surface area contributed by atoms with Gasteiger partial charge < -0.3 is 14.7 Å². The number of carbonyl (C=O) groups excluding carboxylic acids is 1. The summed E-state index contributed by atoms with van der Waals surface area (Å²) in [4.78, 5) is 25.6. The summed E-state index contributed by atoms with van der Waals surface area (Å²) >= 11 is 5.79. The quantitative estimate of drug-likeness (QED) is 0.487. The van der Waals surface area contributed by atoms with Gasteiger partial charge in [0.2, 0.25) is 5.91 Å². The number of hydrogen-bond acceptors (Lipinski definition) is 3. The van der Waals surface area contributed by atoms with E-state index in [-0.39, 0.29) is 30.4 Å². The highest BCUT2D eigenvalue weighted by molar-refractivity contribution is 6.30. The van der Waals surface area contributed by atoms with E-state index >= 15 is 0 Å². The van der Waals surface area contributed by atoms with Crippen molar-refractivity contribution in [2.75, 3.05) is 6.54 Å². The van der Waals surface area contributed by atoms with E-state index in [1.807, 2.05) is 55.5 Å². The summed E-state index contributed by atoms with van der Waals surface area (Å²) in [6, 6.07) is 19.7. The van der Waals surface area contributed by atoms with Gasteiger partial charge >= 0.3 is 5.97 Å². The van der Waals surface area contributed by atoms with Crippen molar-refractivity contribution in [2.45, 2.75) is 38.3 Å². The van der Waals surface area contributed by atoms with Gasteiger partial charge in [0, 0.05) is 19.4 Å². The second-order valence-electron chi connectivity index (χ2n) is 8.90. The van der Waals surface area contributed by atoms with Gasteiger partial charge in [0.1, 0.15) is 23.7 Å². The summed E-state index contributed by atoms with van der Waals surface area (Å²) in [5, 5.41) is 9.36. The largest absolute Gasteiger partial charge is 0.487 e. The predicted octanol–water partition coefficient (Wildman–Crippen LogP) is 5.07. The zero-order valence-electron chi connectivity index (χ0n) is 18.8. The van der Waals surface area contributed by atoms with Crippen molar-refractivity contribution in [3.05, 3.63) is 99.8 Å². The monoisotopic (exact) mass is 481 g/mol. The lowest BCUT2D eigenvalue weighted by molar-refractivity contribution is -0.144. The van der Waals surface area contributed by atoms with Crippen molar-refractivity contribution in [1.82, 2.24) is 4.90 Å². The van der Waals surface area contributed by atoms with Crippen LogP contribution in [0.25, 0.3) is 0 Å². The Hall–Kier alpha value is -3.38. The van der Waals surface area contributed by atoms with Crippen molar-refractivity contribution in [3.8, 4) is 5.75 Å². The summed E-state index contributed by atoms with van der Waals surface area (Å²) in [6.45, 7) is 1.84. The number of carboxylic acids is 1. The van der Waals surface area contributed by atoms with Crippen molar-refractivity contribution in [3.63, 3.8) is 0 Å². The molecule has 0 radical (unpaired) electrons. The van der Waals surface area contributed by atoms with Crippen LogP contribution in [-0.2, 0) is 35.4 Å². The molecule has 0 spiro atoms. The Bertz CT molecular complexity index is 1220. The minimum atomic E-state index is -1.05. The van der Waals surface area contributed by atoms with Crippen molar-refractivity contribution >= 4 is 23.5 Å². The van der Waals surface area contributed by atoms with Gasteiger partial charge in [-0.2, -0.15) is 0 Å². The number of nitrogens with zero attached hydrogens (tertiary/aromatic N) is 1. The number of halogens is 2. The molecule has 176 valence electrons. The number of benzene rings is 3. The molecule has 0 saturated carbocycles. The maximum Gasteiger partial charge on any atom is 0.323 e. The highest BCUT2D eigenvalue weighted by atomic mass is 35.5. The highest BCUT2D eigenvalue weighted by Gasteiger charge is 2.35. The van der Waals surface area contributed by atoms with E-state index in [4.69, 9.17) is 16.3 Å². The van der Waals surface area contributed by atoms with E-state index < -0.39 is 17.4 Å². The second-order valence-corrected chi connectivity index (χ2v) is 9.31. The number of carboxylic acid groups (broad SMARTS) is 1. The molecule has 0 aromatic heterocycles. The van der Waals surface area contributed by atoms with E-state index in [9.17, 15) is 19.1 Å². The van der Waals surface area contributed by atoms with Crippen LogP contribution in [0.5, 0.6) is 5.75 Å². The van der Waals surface area contributed by atoms with Crippen LogP contribution in [0.3, 0.4) is 0 Å². The zero-order chi connectivity index (χ0) is 24.3. The van der Waals surface area contributed by atoms with Gasteiger partial charge in [-0.3, -0.25) is 9.59 Å². The molecule has 34 heavy (non-hydrogen) atoms. The number of ether oxygens (including phenoxy) is 1. The van der Waals surface area contributed by atoms with Gasteiger partial charge in [-0.1, -0.05) is 60.1 Å². The summed E-state index contributed by atoms with van der Waals surface area (Å²) < 4.78 is 20.0. The molecule has 1 atom stereocenters. The zero-order valence-corrected chi connectivity index (χ0v) is 19.5. The SMILES string of the molecule is C[C@]1(Cc2ccc(Cl)c(F)c2)Cc2cc(CC(=O)N(CC(=O)O)Cc3ccccc3)ccc2O1. The molecule has 1 heterocycles. The molecule has 1 aliphatic heterocycles. The summed E-state index contributed by atoms with van der Waals surface area (Å²) in [5.41, 5.74) is 2.87. The number of hydrogen-bond donors (Lipinski definition) is 1. The highest BCUT2D eigenvalue weighted by Crippen LogP contribution is 2.38. The van der Waals surface area contributed by atoms with E-state index in [1.165, 1.54) is 11.0 Å². The van der Waals surface area contributed by atoms with Gasteiger partial charge in [-0.15, -0.1) is 0 Å². The van der Waals surface area contributed by atoms with Gasteiger partial charge in [-0.25, -0.2) is 4.39 Å². The Morgan fingerprint density at radius 2 is 1.79 bits per heavy atom. The smallest absolute Gasteiger partial charge is 0.323 e. The van der Waals surface area contributed by atoms with Crippen LogP contribution in [0, 0.1) is 5.82 Å². The van der Waals surface area contributed by atoms with Crippen molar-refractivity contribution < 1.29 is 23.8 Å². The van der Waals surface area contributed by atoms with Crippen LogP contribution in [0.15, 0.2) is 66.7 Å². The molecule has 1 aliphatic rings. The molecule has 0 saturated heterocycles. The van der Waals surface area contributed by atoms with Gasteiger partial charge in [0.25, 0.3) is 0 Å². The third kappa shape index (κ3) is 5.75. The number of amides is 1. The number of aliphatic carboxylic acids is 1. The van der Waals surface area contributed by atoms with Gasteiger partial charge in [0.05, 0.1) is 11.4 Å². The summed E-state index contributed by atoms with van der Waals surface area (Å²) in [6.07, 6.45) is 1.21. The molecular formula is C27H25ClFNO4. The standard InChI is InChI=1S/C27H25ClFNO4/c1-27(14-20-7-9-22(28)23(29)12-20)15-21-11-19(8-10-24(21)34-27)13-25(31)30(17-26(32)33)16-18-5-3-2-4-6-18/h2-12H,13-17H2,1H3,(H,32,33)/t27-/m0/s1. The topological polar surface area (TPSA) is 66.8 Å². The lowest BCUT2D eigenvalue weighted by atomic mass is 9.91. The molecule has 1 amide bonds. The molecule has 0 bridgehead atoms. The molecule has 3 aromatic rings.